The maximum absolute atomic E-state index is 12.2. The molecule has 1 atom stereocenters. The standard InChI is InChI=1S/C19H23N3O5S/c20-19(26)13-4-3-8-21(10-13)16(23)11-27-18(25)7-9-22-14-5-1-2-6-15(14)28-12-17(22)24/h1-2,5-6,13H,3-4,7-12H2,(H2,20,26)/t13-/m0/s1. The van der Waals surface area contributed by atoms with Crippen LogP contribution in [-0.2, 0) is 23.9 Å². The lowest BCUT2D eigenvalue weighted by Crippen LogP contribution is -2.45. The van der Waals surface area contributed by atoms with Crippen LogP contribution in [0.4, 0.5) is 5.69 Å². The Morgan fingerprint density at radius 1 is 1.25 bits per heavy atom. The van der Waals surface area contributed by atoms with Crippen molar-refractivity contribution < 1.29 is 23.9 Å². The van der Waals surface area contributed by atoms with Crippen LogP contribution in [-0.4, -0.2) is 60.6 Å². The molecule has 2 aliphatic heterocycles. The number of ether oxygens (including phenoxy) is 1. The summed E-state index contributed by atoms with van der Waals surface area (Å²) in [6.07, 6.45) is 1.37. The molecule has 0 aliphatic carbocycles. The number of likely N-dealkylation sites (tertiary alicyclic amines) is 1. The lowest BCUT2D eigenvalue weighted by Gasteiger charge is -2.31. The zero-order valence-corrected chi connectivity index (χ0v) is 16.3. The highest BCUT2D eigenvalue weighted by Crippen LogP contribution is 2.34. The molecule has 0 aromatic heterocycles. The third-order valence-electron chi connectivity index (χ3n) is 4.88. The molecule has 0 spiro atoms. The Labute approximate surface area is 167 Å². The number of primary amides is 1. The summed E-state index contributed by atoms with van der Waals surface area (Å²) in [4.78, 5) is 51.8. The molecule has 1 aromatic carbocycles. The molecule has 2 N–H and O–H groups in total. The highest BCUT2D eigenvalue weighted by atomic mass is 32.2. The van der Waals surface area contributed by atoms with Gasteiger partial charge < -0.3 is 20.3 Å². The smallest absolute Gasteiger partial charge is 0.308 e. The van der Waals surface area contributed by atoms with Crippen LogP contribution in [0.1, 0.15) is 19.3 Å². The van der Waals surface area contributed by atoms with Crippen LogP contribution in [0.2, 0.25) is 0 Å². The van der Waals surface area contributed by atoms with Crippen molar-refractivity contribution in [3.8, 4) is 0 Å². The van der Waals surface area contributed by atoms with Gasteiger partial charge >= 0.3 is 5.97 Å². The molecule has 1 saturated heterocycles. The summed E-state index contributed by atoms with van der Waals surface area (Å²) in [6.45, 7) is 0.626. The number of carbonyl (C=O) groups excluding carboxylic acids is 4. The lowest BCUT2D eigenvalue weighted by molar-refractivity contribution is -0.153. The Kier molecular flexibility index (Phi) is 6.56. The van der Waals surface area contributed by atoms with Gasteiger partial charge in [-0.05, 0) is 25.0 Å². The normalized spacial score (nSPS) is 19.1. The second-order valence-corrected chi connectivity index (χ2v) is 7.81. The van der Waals surface area contributed by atoms with Crippen molar-refractivity contribution in [2.24, 2.45) is 11.7 Å². The molecule has 0 unspecified atom stereocenters. The summed E-state index contributed by atoms with van der Waals surface area (Å²) in [5.41, 5.74) is 6.10. The Morgan fingerprint density at radius 2 is 2.04 bits per heavy atom. The van der Waals surface area contributed by atoms with E-state index >= 15 is 0 Å². The van der Waals surface area contributed by atoms with Crippen LogP contribution in [0, 0.1) is 5.92 Å². The molecule has 28 heavy (non-hydrogen) atoms. The predicted octanol–water partition coefficient (Wildman–Crippen LogP) is 0.783. The molecule has 150 valence electrons. The first-order valence-electron chi connectivity index (χ1n) is 9.20. The summed E-state index contributed by atoms with van der Waals surface area (Å²) >= 11 is 1.48. The van der Waals surface area contributed by atoms with Gasteiger partial charge in [0.2, 0.25) is 11.8 Å². The Bertz CT molecular complexity index is 785. The number of thioether (sulfide) groups is 1. The maximum Gasteiger partial charge on any atom is 0.308 e. The average Bonchev–Trinajstić information content (AvgIpc) is 2.71. The van der Waals surface area contributed by atoms with Gasteiger partial charge in [0.05, 0.1) is 23.8 Å². The van der Waals surface area contributed by atoms with E-state index in [4.69, 9.17) is 10.5 Å². The number of hydrogen-bond donors (Lipinski definition) is 1. The first kappa shape index (κ1) is 20.2. The van der Waals surface area contributed by atoms with Crippen molar-refractivity contribution in [1.29, 1.82) is 0 Å². The molecule has 1 aromatic rings. The number of benzene rings is 1. The molecule has 2 aliphatic rings. The number of para-hydroxylation sites is 1. The minimum atomic E-state index is -0.541. The van der Waals surface area contributed by atoms with Crippen LogP contribution in [0.3, 0.4) is 0 Å². The number of esters is 1. The number of amides is 3. The van der Waals surface area contributed by atoms with Crippen molar-refractivity contribution in [2.45, 2.75) is 24.2 Å². The molecule has 3 rings (SSSR count). The fourth-order valence-corrected chi connectivity index (χ4v) is 4.28. The quantitative estimate of drug-likeness (QED) is 0.701. The first-order chi connectivity index (χ1) is 13.5. The van der Waals surface area contributed by atoms with Crippen molar-refractivity contribution in [2.75, 3.05) is 36.9 Å². The number of nitrogens with two attached hydrogens (primary N) is 1. The van der Waals surface area contributed by atoms with Gasteiger partial charge in [-0.2, -0.15) is 0 Å². The number of fused-ring (bicyclic) bond motifs is 1. The molecular weight excluding hydrogens is 382 g/mol. The molecule has 8 nitrogen and oxygen atoms in total. The monoisotopic (exact) mass is 405 g/mol. The summed E-state index contributed by atoms with van der Waals surface area (Å²) in [7, 11) is 0. The maximum atomic E-state index is 12.2. The van der Waals surface area contributed by atoms with Crippen molar-refractivity contribution in [1.82, 2.24) is 4.90 Å². The number of rotatable bonds is 6. The largest absolute Gasteiger partial charge is 0.456 e. The molecular formula is C19H23N3O5S. The van der Waals surface area contributed by atoms with E-state index in [9.17, 15) is 19.2 Å². The Balaban J connectivity index is 1.47. The zero-order valence-electron chi connectivity index (χ0n) is 15.5. The van der Waals surface area contributed by atoms with Gasteiger partial charge in [-0.15, -0.1) is 11.8 Å². The summed E-state index contributed by atoms with van der Waals surface area (Å²) in [5, 5.41) is 0. The number of nitrogens with zero attached hydrogens (tertiary/aromatic N) is 2. The minimum absolute atomic E-state index is 0.00192. The molecule has 3 amide bonds. The van der Waals surface area contributed by atoms with E-state index in [1.807, 2.05) is 24.3 Å². The van der Waals surface area contributed by atoms with Crippen molar-refractivity contribution >= 4 is 41.1 Å². The SMILES string of the molecule is NC(=O)[C@H]1CCCN(C(=O)COC(=O)CCN2C(=O)CSc3ccccc32)C1. The lowest BCUT2D eigenvalue weighted by atomic mass is 9.97. The number of carbonyl (C=O) groups is 4. The Hall–Kier alpha value is -2.55. The van der Waals surface area contributed by atoms with E-state index in [-0.39, 0.29) is 43.8 Å². The second-order valence-electron chi connectivity index (χ2n) is 6.79. The third kappa shape index (κ3) is 4.83. The fraction of sp³-hybridized carbons (Fsp3) is 0.474. The van der Waals surface area contributed by atoms with Crippen LogP contribution in [0.15, 0.2) is 29.2 Å². The van der Waals surface area contributed by atoms with Gasteiger partial charge in [-0.3, -0.25) is 19.2 Å². The topological polar surface area (TPSA) is 110 Å². The third-order valence-corrected chi connectivity index (χ3v) is 5.93. The van der Waals surface area contributed by atoms with Crippen molar-refractivity contribution in [3.63, 3.8) is 0 Å². The molecule has 0 bridgehead atoms. The molecule has 2 heterocycles. The van der Waals surface area contributed by atoms with Gasteiger partial charge in [0, 0.05) is 24.5 Å². The molecule has 0 saturated carbocycles. The van der Waals surface area contributed by atoms with E-state index in [1.165, 1.54) is 16.7 Å². The van der Waals surface area contributed by atoms with E-state index in [0.717, 1.165) is 10.6 Å². The first-order valence-corrected chi connectivity index (χ1v) is 10.2. The predicted molar refractivity (Wildman–Crippen MR) is 104 cm³/mol. The summed E-state index contributed by atoms with van der Waals surface area (Å²) in [5.74, 6) is -1.37. The fourth-order valence-electron chi connectivity index (χ4n) is 3.34. The molecule has 0 radical (unpaired) electrons. The van der Waals surface area contributed by atoms with Crippen LogP contribution < -0.4 is 10.6 Å². The highest BCUT2D eigenvalue weighted by Gasteiger charge is 2.28. The molecule has 1 fully saturated rings. The average molecular weight is 405 g/mol. The van der Waals surface area contributed by atoms with E-state index in [0.29, 0.717) is 25.1 Å². The van der Waals surface area contributed by atoms with Gasteiger partial charge in [-0.1, -0.05) is 12.1 Å². The number of hydrogen-bond acceptors (Lipinski definition) is 6. The van der Waals surface area contributed by atoms with Gasteiger partial charge in [0.25, 0.3) is 5.91 Å². The van der Waals surface area contributed by atoms with Crippen molar-refractivity contribution in [3.05, 3.63) is 24.3 Å². The summed E-state index contributed by atoms with van der Waals surface area (Å²) < 4.78 is 5.08. The molecule has 9 heteroatoms. The second kappa shape index (κ2) is 9.09. The van der Waals surface area contributed by atoms with Crippen LogP contribution in [0.25, 0.3) is 0 Å². The van der Waals surface area contributed by atoms with Gasteiger partial charge in [0.1, 0.15) is 0 Å². The van der Waals surface area contributed by atoms with Gasteiger partial charge in [-0.25, -0.2) is 0 Å². The van der Waals surface area contributed by atoms with E-state index in [2.05, 4.69) is 0 Å². The zero-order chi connectivity index (χ0) is 20.1. The van der Waals surface area contributed by atoms with E-state index in [1.54, 1.807) is 4.90 Å². The van der Waals surface area contributed by atoms with Crippen LogP contribution in [0.5, 0.6) is 0 Å². The summed E-state index contributed by atoms with van der Waals surface area (Å²) in [6, 6.07) is 7.54. The number of anilines is 1. The highest BCUT2D eigenvalue weighted by molar-refractivity contribution is 8.00. The minimum Gasteiger partial charge on any atom is -0.456 e. The van der Waals surface area contributed by atoms with Crippen LogP contribution >= 0.6 is 11.8 Å². The number of piperidine rings is 1. The Morgan fingerprint density at radius 3 is 2.82 bits per heavy atom. The van der Waals surface area contributed by atoms with Gasteiger partial charge in [0.15, 0.2) is 6.61 Å². The van der Waals surface area contributed by atoms with E-state index < -0.39 is 11.9 Å².